The van der Waals surface area contributed by atoms with Crippen LogP contribution in [0.3, 0.4) is 0 Å². The highest BCUT2D eigenvalue weighted by molar-refractivity contribution is 6.17. The second kappa shape index (κ2) is 12.2. The minimum Gasteiger partial charge on any atom is -0.319 e. The van der Waals surface area contributed by atoms with Crippen LogP contribution in [-0.2, 0) is 4.79 Å². The summed E-state index contributed by atoms with van der Waals surface area (Å²) in [6, 6.07) is 10.8. The molecule has 1 unspecified atom stereocenters. The normalized spacial score (nSPS) is 18.1. The zero-order chi connectivity index (χ0) is 24.6. The molecule has 0 bridgehead atoms. The molecule has 3 heterocycles. The van der Waals surface area contributed by atoms with Crippen LogP contribution in [-0.4, -0.2) is 80.0 Å². The lowest BCUT2D eigenvalue weighted by Crippen LogP contribution is -2.43. The van der Waals surface area contributed by atoms with Gasteiger partial charge in [0.1, 0.15) is 0 Å². The number of benzene rings is 1. The number of pyridine rings is 1. The zero-order valence-electron chi connectivity index (χ0n) is 21.0. The molecule has 1 atom stereocenters. The second-order valence-corrected chi connectivity index (χ2v) is 9.87. The number of hydrogen-bond acceptors (Lipinski definition) is 6. The van der Waals surface area contributed by atoms with Crippen molar-refractivity contribution < 1.29 is 9.59 Å². The molecule has 2 aliphatic heterocycles. The van der Waals surface area contributed by atoms with Crippen LogP contribution in [0.4, 0.5) is 17.2 Å². The highest BCUT2D eigenvalue weighted by Gasteiger charge is 2.31. The van der Waals surface area contributed by atoms with E-state index in [4.69, 9.17) is 0 Å². The number of fused-ring (bicyclic) bond motifs is 2. The van der Waals surface area contributed by atoms with E-state index in [0.717, 1.165) is 39.1 Å². The van der Waals surface area contributed by atoms with Gasteiger partial charge < -0.3 is 15.5 Å². The Bertz CT molecular complexity index is 1010. The van der Waals surface area contributed by atoms with Gasteiger partial charge in [0.25, 0.3) is 5.91 Å². The molecule has 1 saturated heterocycles. The minimum absolute atomic E-state index is 0.0582. The van der Waals surface area contributed by atoms with E-state index in [1.807, 2.05) is 18.2 Å². The van der Waals surface area contributed by atoms with E-state index in [1.165, 1.54) is 25.7 Å². The van der Waals surface area contributed by atoms with Gasteiger partial charge in [-0.3, -0.25) is 19.4 Å². The molecule has 1 aromatic heterocycles. The van der Waals surface area contributed by atoms with E-state index < -0.39 is 0 Å². The molecule has 188 valence electrons. The van der Waals surface area contributed by atoms with Gasteiger partial charge in [0.05, 0.1) is 23.5 Å². The maximum Gasteiger partial charge on any atom is 0.257 e. The number of anilines is 3. The molecule has 35 heavy (non-hydrogen) atoms. The first-order valence-corrected chi connectivity index (χ1v) is 12.8. The highest BCUT2D eigenvalue weighted by atomic mass is 16.2. The first-order valence-electron chi connectivity index (χ1n) is 12.8. The molecule has 0 spiro atoms. The summed E-state index contributed by atoms with van der Waals surface area (Å²) < 4.78 is 0. The van der Waals surface area contributed by atoms with Gasteiger partial charge >= 0.3 is 0 Å². The Balaban J connectivity index is 1.35. The maximum absolute atomic E-state index is 13.7. The monoisotopic (exact) mass is 478 g/mol. The van der Waals surface area contributed by atoms with E-state index >= 15 is 0 Å². The number of rotatable bonds is 10. The molecule has 1 fully saturated rings. The molecule has 0 aliphatic carbocycles. The minimum atomic E-state index is -0.224. The van der Waals surface area contributed by atoms with Crippen molar-refractivity contribution in [1.29, 1.82) is 0 Å². The summed E-state index contributed by atoms with van der Waals surface area (Å²) in [5.74, 6) is 0.811. The van der Waals surface area contributed by atoms with Crippen LogP contribution in [0.25, 0.3) is 0 Å². The number of amides is 2. The quantitative estimate of drug-likeness (QED) is 0.510. The van der Waals surface area contributed by atoms with Crippen molar-refractivity contribution in [3.63, 3.8) is 0 Å². The third-order valence-corrected chi connectivity index (χ3v) is 6.77. The second-order valence-electron chi connectivity index (χ2n) is 9.87. The van der Waals surface area contributed by atoms with Crippen LogP contribution >= 0.6 is 0 Å². The summed E-state index contributed by atoms with van der Waals surface area (Å²) in [5.41, 5.74) is 1.62. The Morgan fingerprint density at radius 3 is 2.86 bits per heavy atom. The lowest BCUT2D eigenvalue weighted by molar-refractivity contribution is -0.119. The van der Waals surface area contributed by atoms with Gasteiger partial charge in [0, 0.05) is 12.7 Å². The predicted octanol–water partition coefficient (Wildman–Crippen LogP) is 3.35. The van der Waals surface area contributed by atoms with E-state index in [2.05, 4.69) is 39.5 Å². The molecule has 2 aliphatic rings. The first kappa shape index (κ1) is 25.3. The average Bonchev–Trinajstić information content (AvgIpc) is 2.97. The van der Waals surface area contributed by atoms with Gasteiger partial charge in [-0.05, 0) is 103 Å². The molecular formula is C27H38N6O2. The van der Waals surface area contributed by atoms with Crippen LogP contribution < -0.4 is 15.5 Å². The van der Waals surface area contributed by atoms with Crippen LogP contribution in [0.2, 0.25) is 0 Å². The number of likely N-dealkylation sites (tertiary alicyclic amines) is 1. The fourth-order valence-electron chi connectivity index (χ4n) is 5.04. The number of aromatic nitrogens is 1. The molecule has 2 N–H and O–H groups in total. The molecule has 8 heteroatoms. The van der Waals surface area contributed by atoms with Crippen molar-refractivity contribution in [2.75, 3.05) is 63.6 Å². The van der Waals surface area contributed by atoms with Crippen LogP contribution in [0.1, 0.15) is 42.5 Å². The molecule has 0 radical (unpaired) electrons. The SMILES string of the molecule is CN(C)CCCNCCCC1CCCN(CC(=O)N2c3ccccc3C(=O)Nc3cccnc32)C1. The van der Waals surface area contributed by atoms with Crippen molar-refractivity contribution in [2.24, 2.45) is 5.92 Å². The van der Waals surface area contributed by atoms with E-state index in [-0.39, 0.29) is 11.8 Å². The molecule has 8 nitrogen and oxygen atoms in total. The Hall–Kier alpha value is -2.81. The summed E-state index contributed by atoms with van der Waals surface area (Å²) in [5, 5.41) is 6.46. The smallest absolute Gasteiger partial charge is 0.257 e. The average molecular weight is 479 g/mol. The lowest BCUT2D eigenvalue weighted by Gasteiger charge is -2.34. The van der Waals surface area contributed by atoms with E-state index in [0.29, 0.717) is 35.2 Å². The van der Waals surface area contributed by atoms with Gasteiger partial charge in [-0.1, -0.05) is 12.1 Å². The molecule has 4 rings (SSSR count). The van der Waals surface area contributed by atoms with Gasteiger partial charge in [-0.2, -0.15) is 0 Å². The van der Waals surface area contributed by atoms with Crippen molar-refractivity contribution in [1.82, 2.24) is 20.1 Å². The zero-order valence-corrected chi connectivity index (χ0v) is 21.0. The van der Waals surface area contributed by atoms with E-state index in [9.17, 15) is 9.59 Å². The molecular weight excluding hydrogens is 440 g/mol. The number of nitrogens with one attached hydrogen (secondary N) is 2. The van der Waals surface area contributed by atoms with Gasteiger partial charge in [0.2, 0.25) is 5.91 Å². The van der Waals surface area contributed by atoms with Gasteiger partial charge in [-0.15, -0.1) is 0 Å². The highest BCUT2D eigenvalue weighted by Crippen LogP contribution is 2.36. The summed E-state index contributed by atoms with van der Waals surface area (Å²) in [6.45, 7) is 5.41. The van der Waals surface area contributed by atoms with Crippen molar-refractivity contribution >= 4 is 29.0 Å². The third-order valence-electron chi connectivity index (χ3n) is 6.77. The van der Waals surface area contributed by atoms with Crippen LogP contribution in [0, 0.1) is 5.92 Å². The number of hydrogen-bond donors (Lipinski definition) is 2. The fraction of sp³-hybridized carbons (Fsp3) is 0.519. The fourth-order valence-corrected chi connectivity index (χ4v) is 5.04. The molecule has 1 aromatic carbocycles. The summed E-state index contributed by atoms with van der Waals surface area (Å²) in [6.07, 6.45) is 7.51. The number of nitrogens with zero attached hydrogens (tertiary/aromatic N) is 4. The molecule has 2 aromatic rings. The Morgan fingerprint density at radius 1 is 1.17 bits per heavy atom. The van der Waals surface area contributed by atoms with Gasteiger partial charge in [-0.25, -0.2) is 4.98 Å². The van der Waals surface area contributed by atoms with Crippen LogP contribution in [0.15, 0.2) is 42.6 Å². The van der Waals surface area contributed by atoms with Crippen molar-refractivity contribution in [3.05, 3.63) is 48.2 Å². The molecule has 2 amide bonds. The Labute approximate surface area is 208 Å². The Morgan fingerprint density at radius 2 is 2.00 bits per heavy atom. The largest absolute Gasteiger partial charge is 0.319 e. The first-order chi connectivity index (χ1) is 17.0. The topological polar surface area (TPSA) is 80.8 Å². The summed E-state index contributed by atoms with van der Waals surface area (Å²) >= 11 is 0. The van der Waals surface area contributed by atoms with E-state index in [1.54, 1.807) is 29.3 Å². The van der Waals surface area contributed by atoms with Gasteiger partial charge in [0.15, 0.2) is 5.82 Å². The number of piperidine rings is 1. The van der Waals surface area contributed by atoms with Crippen molar-refractivity contribution in [3.8, 4) is 0 Å². The number of carbonyl (C=O) groups is 2. The summed E-state index contributed by atoms with van der Waals surface area (Å²) in [4.78, 5) is 37.0. The molecule has 0 saturated carbocycles. The summed E-state index contributed by atoms with van der Waals surface area (Å²) in [7, 11) is 4.22. The van der Waals surface area contributed by atoms with Crippen LogP contribution in [0.5, 0.6) is 0 Å². The number of carbonyl (C=O) groups excluding carboxylic acids is 2. The standard InChI is InChI=1S/C27H38N6O2/c1-31(2)17-8-15-28-14-5-9-21-10-7-18-32(19-21)20-25(34)33-24-13-4-3-11-22(24)27(35)30-23-12-6-16-29-26(23)33/h3-4,6,11-13,16,21,28H,5,7-10,14-15,17-20H2,1-2H3,(H,30,35). The Kier molecular flexibility index (Phi) is 8.84. The van der Waals surface area contributed by atoms with Crippen molar-refractivity contribution in [2.45, 2.75) is 32.1 Å². The predicted molar refractivity (Wildman–Crippen MR) is 140 cm³/mol. The maximum atomic E-state index is 13.7. The lowest BCUT2D eigenvalue weighted by atomic mass is 9.93. The third kappa shape index (κ3) is 6.66. The number of para-hydroxylation sites is 1.